The topological polar surface area (TPSA) is 81.1 Å². The van der Waals surface area contributed by atoms with Crippen LogP contribution < -0.4 is 11.4 Å². The first-order valence-electron chi connectivity index (χ1n) is 4.91. The second-order valence-corrected chi connectivity index (χ2v) is 5.12. The van der Waals surface area contributed by atoms with E-state index in [1.54, 1.807) is 0 Å². The average molecular weight is 263 g/mol. The molecule has 2 rings (SSSR count). The molecular weight excluding hydrogens is 252 g/mol. The molecule has 1 atom stereocenters. The van der Waals surface area contributed by atoms with E-state index in [0.717, 1.165) is 22.5 Å². The predicted molar refractivity (Wildman–Crippen MR) is 60.0 cm³/mol. The lowest BCUT2D eigenvalue weighted by Crippen LogP contribution is -2.51. The highest BCUT2D eigenvalue weighted by Crippen LogP contribution is 2.52. The molecule has 1 aromatic heterocycles. The van der Waals surface area contributed by atoms with Gasteiger partial charge in [-0.3, -0.25) is 4.57 Å². The molecule has 1 fully saturated rings. The number of alkyl halides is 2. The molecule has 0 aliphatic carbocycles. The van der Waals surface area contributed by atoms with Crippen LogP contribution in [0.1, 0.15) is 6.42 Å². The number of rotatable bonds is 2. The lowest BCUT2D eigenvalue weighted by molar-refractivity contribution is -0.0816. The number of nitrogens with two attached hydrogens (primary N) is 1. The van der Waals surface area contributed by atoms with Gasteiger partial charge in [0.1, 0.15) is 5.82 Å². The van der Waals surface area contributed by atoms with E-state index in [1.165, 1.54) is 6.07 Å². The van der Waals surface area contributed by atoms with Crippen molar-refractivity contribution in [2.24, 2.45) is 0 Å². The SMILES string of the molecule is Nc1ccn(C2(CO)SCCC2(F)F)c(=O)n1. The lowest BCUT2D eigenvalue weighted by Gasteiger charge is -2.33. The van der Waals surface area contributed by atoms with Gasteiger partial charge in [-0.2, -0.15) is 4.98 Å². The minimum atomic E-state index is -3.16. The van der Waals surface area contributed by atoms with Gasteiger partial charge in [0.15, 0.2) is 4.87 Å². The number of anilines is 1. The highest BCUT2D eigenvalue weighted by atomic mass is 32.2. The van der Waals surface area contributed by atoms with E-state index >= 15 is 0 Å². The molecule has 1 unspecified atom stereocenters. The first-order chi connectivity index (χ1) is 7.93. The first-order valence-corrected chi connectivity index (χ1v) is 5.90. The van der Waals surface area contributed by atoms with Crippen molar-refractivity contribution in [3.05, 3.63) is 22.7 Å². The van der Waals surface area contributed by atoms with Crippen molar-refractivity contribution in [2.45, 2.75) is 17.2 Å². The number of halogens is 2. The number of aliphatic hydroxyl groups is 1. The molecule has 0 spiro atoms. The molecule has 0 aromatic carbocycles. The van der Waals surface area contributed by atoms with Gasteiger partial charge >= 0.3 is 5.69 Å². The molecule has 1 aromatic rings. The molecule has 2 heterocycles. The summed E-state index contributed by atoms with van der Waals surface area (Å²) in [6.07, 6.45) is 0.766. The molecule has 1 aliphatic heterocycles. The fourth-order valence-electron chi connectivity index (χ4n) is 1.82. The zero-order valence-corrected chi connectivity index (χ0v) is 9.58. The summed E-state index contributed by atoms with van der Waals surface area (Å²) in [7, 11) is 0. The minimum Gasteiger partial charge on any atom is -0.393 e. The van der Waals surface area contributed by atoms with Gasteiger partial charge in [-0.1, -0.05) is 0 Å². The molecule has 1 saturated heterocycles. The van der Waals surface area contributed by atoms with Gasteiger partial charge in [0, 0.05) is 18.4 Å². The molecule has 3 N–H and O–H groups in total. The molecule has 0 bridgehead atoms. The average Bonchev–Trinajstić information content (AvgIpc) is 2.54. The van der Waals surface area contributed by atoms with Gasteiger partial charge in [0.2, 0.25) is 0 Å². The Hall–Kier alpha value is -1.15. The molecule has 17 heavy (non-hydrogen) atoms. The van der Waals surface area contributed by atoms with Gasteiger partial charge in [-0.15, -0.1) is 11.8 Å². The summed E-state index contributed by atoms with van der Waals surface area (Å²) in [6, 6.07) is 1.26. The van der Waals surface area contributed by atoms with E-state index in [2.05, 4.69) is 4.98 Å². The quantitative estimate of drug-likeness (QED) is 0.799. The normalized spacial score (nSPS) is 27.2. The second kappa shape index (κ2) is 3.95. The molecule has 0 saturated carbocycles. The Kier molecular flexibility index (Phi) is 2.86. The molecule has 0 amide bonds. The Morgan fingerprint density at radius 1 is 1.65 bits per heavy atom. The summed E-state index contributed by atoms with van der Waals surface area (Å²) < 4.78 is 28.4. The zero-order valence-electron chi connectivity index (χ0n) is 8.77. The van der Waals surface area contributed by atoms with Crippen LogP contribution in [0, 0.1) is 0 Å². The van der Waals surface area contributed by atoms with Gasteiger partial charge in [-0.25, -0.2) is 13.6 Å². The molecule has 0 radical (unpaired) electrons. The van der Waals surface area contributed by atoms with Crippen molar-refractivity contribution in [3.63, 3.8) is 0 Å². The Balaban J connectivity index is 2.60. The number of hydrogen-bond acceptors (Lipinski definition) is 5. The third-order valence-electron chi connectivity index (χ3n) is 2.76. The number of nitrogen functional groups attached to an aromatic ring is 1. The van der Waals surface area contributed by atoms with E-state index in [9.17, 15) is 18.7 Å². The van der Waals surface area contributed by atoms with Crippen LogP contribution in [-0.4, -0.2) is 32.9 Å². The number of nitrogens with zero attached hydrogens (tertiary/aromatic N) is 2. The van der Waals surface area contributed by atoms with Crippen molar-refractivity contribution in [1.82, 2.24) is 9.55 Å². The molecule has 1 aliphatic rings. The zero-order chi connectivity index (χ0) is 12.7. The van der Waals surface area contributed by atoms with E-state index in [-0.39, 0.29) is 18.0 Å². The molecular formula is C9H11F2N3O2S. The summed E-state index contributed by atoms with van der Waals surface area (Å²) >= 11 is 0.852. The fraction of sp³-hybridized carbons (Fsp3) is 0.556. The van der Waals surface area contributed by atoms with Gasteiger partial charge < -0.3 is 10.8 Å². The van der Waals surface area contributed by atoms with Crippen molar-refractivity contribution in [3.8, 4) is 0 Å². The third kappa shape index (κ3) is 1.71. The third-order valence-corrected chi connectivity index (χ3v) is 4.27. The molecule has 94 valence electrons. The Labute approximate surface area is 99.6 Å². The first kappa shape index (κ1) is 12.3. The standard InChI is InChI=1S/C9H11F2N3O2S/c10-8(11)2-4-17-9(8,5-15)14-3-1-6(12)13-7(14)16/h1,3,15H,2,4-5H2,(H2,12,13,16). The van der Waals surface area contributed by atoms with Crippen LogP contribution in [0.3, 0.4) is 0 Å². The summed E-state index contributed by atoms with van der Waals surface area (Å²) in [5.74, 6) is -3.02. The maximum Gasteiger partial charge on any atom is 0.350 e. The number of aromatic nitrogens is 2. The maximum absolute atomic E-state index is 13.8. The highest BCUT2D eigenvalue weighted by molar-refractivity contribution is 8.00. The minimum absolute atomic E-state index is 0.0364. The van der Waals surface area contributed by atoms with Crippen LogP contribution >= 0.6 is 11.8 Å². The van der Waals surface area contributed by atoms with Crippen molar-refractivity contribution < 1.29 is 13.9 Å². The Bertz CT molecular complexity index is 493. The van der Waals surface area contributed by atoms with Crippen LogP contribution in [0.4, 0.5) is 14.6 Å². The van der Waals surface area contributed by atoms with E-state index in [4.69, 9.17) is 5.73 Å². The monoisotopic (exact) mass is 263 g/mol. The number of aliphatic hydroxyl groups excluding tert-OH is 1. The maximum atomic E-state index is 13.8. The van der Waals surface area contributed by atoms with Crippen LogP contribution in [0.15, 0.2) is 17.1 Å². The van der Waals surface area contributed by atoms with Crippen molar-refractivity contribution in [2.75, 3.05) is 18.1 Å². The smallest absolute Gasteiger partial charge is 0.350 e. The van der Waals surface area contributed by atoms with Crippen molar-refractivity contribution in [1.29, 1.82) is 0 Å². The lowest BCUT2D eigenvalue weighted by atomic mass is 10.1. The van der Waals surface area contributed by atoms with Crippen LogP contribution in [0.25, 0.3) is 0 Å². The van der Waals surface area contributed by atoms with Crippen LogP contribution in [-0.2, 0) is 4.87 Å². The van der Waals surface area contributed by atoms with E-state index in [1.807, 2.05) is 0 Å². The highest BCUT2D eigenvalue weighted by Gasteiger charge is 2.59. The van der Waals surface area contributed by atoms with E-state index < -0.39 is 23.1 Å². The van der Waals surface area contributed by atoms with Crippen LogP contribution in [0.5, 0.6) is 0 Å². The van der Waals surface area contributed by atoms with Gasteiger partial charge in [-0.05, 0) is 6.07 Å². The number of hydrogen-bond donors (Lipinski definition) is 2. The largest absolute Gasteiger partial charge is 0.393 e. The number of thioether (sulfide) groups is 1. The van der Waals surface area contributed by atoms with Gasteiger partial charge in [0.25, 0.3) is 5.92 Å². The summed E-state index contributed by atoms with van der Waals surface area (Å²) in [6.45, 7) is -0.837. The fourth-order valence-corrected chi connectivity index (χ4v) is 3.20. The van der Waals surface area contributed by atoms with E-state index in [0.29, 0.717) is 0 Å². The Morgan fingerprint density at radius 3 is 2.82 bits per heavy atom. The van der Waals surface area contributed by atoms with Crippen molar-refractivity contribution >= 4 is 17.6 Å². The summed E-state index contributed by atoms with van der Waals surface area (Å²) in [5, 5.41) is 9.28. The Morgan fingerprint density at radius 2 is 2.35 bits per heavy atom. The summed E-state index contributed by atoms with van der Waals surface area (Å²) in [5.41, 5.74) is 4.42. The summed E-state index contributed by atoms with van der Waals surface area (Å²) in [4.78, 5) is 13.0. The molecule has 5 nitrogen and oxygen atoms in total. The van der Waals surface area contributed by atoms with Crippen LogP contribution in [0.2, 0.25) is 0 Å². The predicted octanol–water partition coefficient (Wildman–Crippen LogP) is 0.243. The molecule has 8 heteroatoms. The second-order valence-electron chi connectivity index (χ2n) is 3.75. The van der Waals surface area contributed by atoms with Gasteiger partial charge in [0.05, 0.1) is 6.61 Å².